The first-order chi connectivity index (χ1) is 22.4. The van der Waals surface area contributed by atoms with Crippen LogP contribution in [0.4, 0.5) is 0 Å². The van der Waals surface area contributed by atoms with Crippen molar-refractivity contribution in [3.05, 3.63) is 163 Å². The van der Waals surface area contributed by atoms with Crippen molar-refractivity contribution in [1.82, 2.24) is 14.1 Å². The Labute approximate surface area is 269 Å². The molecular weight excluding hydrogens is 560 g/mol. The van der Waals surface area contributed by atoms with Crippen LogP contribution in [-0.4, -0.2) is 14.1 Å². The smallest absolute Gasteiger partial charge is 0.255 e. The number of pyridine rings is 1. The van der Waals surface area contributed by atoms with Crippen molar-refractivity contribution in [3.63, 3.8) is 0 Å². The number of nitrogens with zero attached hydrogens (tertiary/aromatic N) is 4. The van der Waals surface area contributed by atoms with Crippen molar-refractivity contribution in [1.29, 1.82) is 0 Å². The van der Waals surface area contributed by atoms with E-state index in [4.69, 9.17) is 4.98 Å². The molecule has 8 rings (SSSR count). The Hall–Kier alpha value is -5.48. The van der Waals surface area contributed by atoms with Crippen molar-refractivity contribution in [2.75, 3.05) is 0 Å². The van der Waals surface area contributed by atoms with Gasteiger partial charge in [0.15, 0.2) is 11.0 Å². The summed E-state index contributed by atoms with van der Waals surface area (Å²) in [6.07, 6.45) is 4.14. The van der Waals surface area contributed by atoms with Gasteiger partial charge in [-0.25, -0.2) is 4.98 Å². The highest BCUT2D eigenvalue weighted by molar-refractivity contribution is 6.09. The number of para-hydroxylation sites is 4. The summed E-state index contributed by atoms with van der Waals surface area (Å²) in [6.45, 7) is 9.13. The summed E-state index contributed by atoms with van der Waals surface area (Å²) in [5.74, 6) is 1.39. The maximum absolute atomic E-state index is 4.87. The van der Waals surface area contributed by atoms with Crippen LogP contribution >= 0.6 is 0 Å². The van der Waals surface area contributed by atoms with Gasteiger partial charge >= 0.3 is 0 Å². The van der Waals surface area contributed by atoms with Crippen LogP contribution in [0.2, 0.25) is 0 Å². The van der Waals surface area contributed by atoms with E-state index in [-0.39, 0.29) is 5.41 Å². The van der Waals surface area contributed by atoms with Crippen LogP contribution in [0, 0.1) is 0 Å². The van der Waals surface area contributed by atoms with Crippen LogP contribution in [0.3, 0.4) is 0 Å². The van der Waals surface area contributed by atoms with E-state index in [1.165, 1.54) is 49.5 Å². The lowest BCUT2D eigenvalue weighted by Gasteiger charge is -2.26. The first-order valence-electron chi connectivity index (χ1n) is 16.1. The van der Waals surface area contributed by atoms with Crippen LogP contribution < -0.4 is 4.57 Å². The molecule has 8 aromatic rings. The zero-order chi connectivity index (χ0) is 31.4. The van der Waals surface area contributed by atoms with Gasteiger partial charge < -0.3 is 0 Å². The average Bonchev–Trinajstić information content (AvgIpc) is 3.65. The zero-order valence-electron chi connectivity index (χ0n) is 26.7. The Bertz CT molecular complexity index is 2370. The quantitative estimate of drug-likeness (QED) is 0.175. The number of aromatic nitrogens is 4. The predicted octanol–water partition coefficient (Wildman–Crippen LogP) is 9.85. The van der Waals surface area contributed by atoms with E-state index in [2.05, 4.69) is 181 Å². The van der Waals surface area contributed by atoms with Crippen LogP contribution in [-0.2, 0) is 5.41 Å². The Morgan fingerprint density at radius 1 is 0.630 bits per heavy atom. The Kier molecular flexibility index (Phi) is 6.61. The summed E-state index contributed by atoms with van der Waals surface area (Å²) in [4.78, 5) is 4.87. The van der Waals surface area contributed by atoms with E-state index < -0.39 is 0 Å². The first-order valence-corrected chi connectivity index (χ1v) is 16.1. The molecule has 0 N–H and O–H groups in total. The maximum atomic E-state index is 4.87. The molecule has 0 unspecified atom stereocenters. The lowest BCUT2D eigenvalue weighted by atomic mass is 9.77. The number of hydrogen-bond acceptors (Lipinski definition) is 1. The molecule has 0 saturated carbocycles. The molecule has 4 heteroatoms. The molecule has 5 aromatic carbocycles. The summed E-state index contributed by atoms with van der Waals surface area (Å²) in [5.41, 5.74) is 10.5. The van der Waals surface area contributed by atoms with Gasteiger partial charge in [0.05, 0.1) is 11.0 Å². The van der Waals surface area contributed by atoms with Gasteiger partial charge in [-0.1, -0.05) is 100 Å². The molecule has 0 aliphatic heterocycles. The number of hydrogen-bond donors (Lipinski definition) is 0. The molecule has 0 atom stereocenters. The van der Waals surface area contributed by atoms with Gasteiger partial charge in [0.1, 0.15) is 17.2 Å². The molecule has 0 amide bonds. The molecule has 0 aliphatic rings. The molecule has 3 heterocycles. The van der Waals surface area contributed by atoms with Crippen molar-refractivity contribution in [2.45, 2.75) is 39.0 Å². The van der Waals surface area contributed by atoms with E-state index in [1.807, 2.05) is 6.20 Å². The van der Waals surface area contributed by atoms with E-state index >= 15 is 0 Å². The molecule has 4 nitrogen and oxygen atoms in total. The van der Waals surface area contributed by atoms with Crippen molar-refractivity contribution >= 4 is 32.8 Å². The van der Waals surface area contributed by atoms with Crippen LogP contribution in [0.15, 0.2) is 146 Å². The van der Waals surface area contributed by atoms with Crippen LogP contribution in [0.25, 0.3) is 50.0 Å². The van der Waals surface area contributed by atoms with Gasteiger partial charge in [-0.3, -0.25) is 4.57 Å². The summed E-state index contributed by atoms with van der Waals surface area (Å²) in [5, 5.41) is 2.48. The normalized spacial score (nSPS) is 12.1. The third-order valence-corrected chi connectivity index (χ3v) is 9.57. The summed E-state index contributed by atoms with van der Waals surface area (Å²) >= 11 is 0. The topological polar surface area (TPSA) is 26.6 Å². The Morgan fingerprint density at radius 2 is 1.35 bits per heavy atom. The molecule has 46 heavy (non-hydrogen) atoms. The Balaban J connectivity index is 1.27. The predicted molar refractivity (Wildman–Crippen MR) is 190 cm³/mol. The molecule has 0 spiro atoms. The van der Waals surface area contributed by atoms with Crippen molar-refractivity contribution in [3.8, 4) is 17.2 Å². The SMILES string of the molecule is CC(C)c1ccnc(-n2c3ccccc3c3ccc(C(C)(C)c4cccc(-n5c[n+](-c6ccccc6)c6ccccc65)c4)cc32)c1. The van der Waals surface area contributed by atoms with Crippen molar-refractivity contribution < 1.29 is 4.57 Å². The highest BCUT2D eigenvalue weighted by atomic mass is 15.1. The highest BCUT2D eigenvalue weighted by Crippen LogP contribution is 2.38. The largest absolute Gasteiger partial charge is 0.294 e. The minimum atomic E-state index is -0.253. The fraction of sp³-hybridized carbons (Fsp3) is 0.143. The third-order valence-electron chi connectivity index (χ3n) is 9.57. The third kappa shape index (κ3) is 4.52. The molecule has 0 aliphatic carbocycles. The summed E-state index contributed by atoms with van der Waals surface area (Å²) in [6, 6.07) is 48.1. The molecule has 3 aromatic heterocycles. The zero-order valence-corrected chi connectivity index (χ0v) is 26.7. The molecule has 0 bridgehead atoms. The lowest BCUT2D eigenvalue weighted by molar-refractivity contribution is -0.567. The van der Waals surface area contributed by atoms with Crippen molar-refractivity contribution in [2.24, 2.45) is 0 Å². The van der Waals surface area contributed by atoms with E-state index in [0.29, 0.717) is 5.92 Å². The fourth-order valence-corrected chi connectivity index (χ4v) is 6.84. The first kappa shape index (κ1) is 28.0. The van der Waals surface area contributed by atoms with Gasteiger partial charge in [0.25, 0.3) is 6.33 Å². The monoisotopic (exact) mass is 597 g/mol. The second-order valence-corrected chi connectivity index (χ2v) is 13.0. The minimum Gasteiger partial charge on any atom is -0.294 e. The number of rotatable bonds is 6. The van der Waals surface area contributed by atoms with E-state index in [9.17, 15) is 0 Å². The molecular formula is C42H37N4+. The minimum absolute atomic E-state index is 0.253. The van der Waals surface area contributed by atoms with Crippen LogP contribution in [0.1, 0.15) is 50.3 Å². The number of fused-ring (bicyclic) bond motifs is 4. The molecule has 0 fully saturated rings. The van der Waals surface area contributed by atoms with Crippen LogP contribution in [0.5, 0.6) is 0 Å². The number of imidazole rings is 1. The van der Waals surface area contributed by atoms with E-state index in [0.717, 1.165) is 17.2 Å². The fourth-order valence-electron chi connectivity index (χ4n) is 6.84. The molecule has 224 valence electrons. The average molecular weight is 598 g/mol. The van der Waals surface area contributed by atoms with Gasteiger partial charge in [0, 0.05) is 22.4 Å². The lowest BCUT2D eigenvalue weighted by Crippen LogP contribution is -2.28. The number of benzene rings is 5. The van der Waals surface area contributed by atoms with Gasteiger partial charge in [-0.15, -0.1) is 0 Å². The molecule has 0 radical (unpaired) electrons. The van der Waals surface area contributed by atoms with Gasteiger partial charge in [0.2, 0.25) is 0 Å². The molecule has 0 saturated heterocycles. The maximum Gasteiger partial charge on any atom is 0.255 e. The van der Waals surface area contributed by atoms with E-state index in [1.54, 1.807) is 0 Å². The van der Waals surface area contributed by atoms with Gasteiger partial charge in [-0.05, 0) is 83.3 Å². The standard InChI is InChI=1S/C42H37N4/c1-29(2)30-23-24-43-41(25-30)46-37-18-9-8-17-35(37)36-22-21-32(27-40(36)46)42(3,4)31-13-12-16-34(26-31)45-28-44(33-14-6-5-7-15-33)38-19-10-11-20-39(38)45/h5-29H,1-4H3/q+1. The highest BCUT2D eigenvalue weighted by Gasteiger charge is 2.27. The van der Waals surface area contributed by atoms with Gasteiger partial charge in [-0.2, -0.15) is 9.13 Å². The summed E-state index contributed by atoms with van der Waals surface area (Å²) < 4.78 is 6.90. The second kappa shape index (κ2) is 10.8. The second-order valence-electron chi connectivity index (χ2n) is 13.0. The summed E-state index contributed by atoms with van der Waals surface area (Å²) in [7, 11) is 0. The Morgan fingerprint density at radius 3 is 2.17 bits per heavy atom.